The number of benzene rings is 2. The largest absolute Gasteiger partial charge is 0.480 e. The SMILES string of the molecule is CC(OC(=O)NC(C)P(=O)(C[C@@H](Cc1ccc(-c2ccccc2)cc1)C(=O)NC(C)C(=O)O)OC(C)OC(=O)C(C)C)OC(=O)C(C)C. The summed E-state index contributed by atoms with van der Waals surface area (Å²) in [7, 11) is -4.17. The van der Waals surface area contributed by atoms with Crippen molar-refractivity contribution in [3.8, 4) is 11.1 Å². The summed E-state index contributed by atoms with van der Waals surface area (Å²) in [4.78, 5) is 62.0. The third kappa shape index (κ3) is 12.8. The van der Waals surface area contributed by atoms with Crippen molar-refractivity contribution in [2.24, 2.45) is 17.8 Å². The van der Waals surface area contributed by atoms with Crippen LogP contribution in [0.1, 0.15) is 61.0 Å². The molecule has 2 aromatic carbocycles. The second-order valence-electron chi connectivity index (χ2n) is 12.1. The molecule has 0 aromatic heterocycles. The van der Waals surface area contributed by atoms with Gasteiger partial charge >= 0.3 is 24.0 Å². The molecule has 14 heteroatoms. The van der Waals surface area contributed by atoms with Crippen LogP contribution in [0.15, 0.2) is 54.6 Å². The minimum atomic E-state index is -4.17. The number of carbonyl (C=O) groups is 5. The fraction of sp³-hybridized carbons (Fsp3) is 0.500. The van der Waals surface area contributed by atoms with Crippen LogP contribution in [-0.2, 0) is 48.9 Å². The maximum absolute atomic E-state index is 14.7. The number of ether oxygens (including phenoxy) is 3. The van der Waals surface area contributed by atoms with E-state index in [0.29, 0.717) is 5.56 Å². The summed E-state index contributed by atoms with van der Waals surface area (Å²) in [5.74, 6) is -6.61. The van der Waals surface area contributed by atoms with Crippen molar-refractivity contribution in [1.82, 2.24) is 10.6 Å². The van der Waals surface area contributed by atoms with Crippen LogP contribution in [0.4, 0.5) is 4.79 Å². The lowest BCUT2D eigenvalue weighted by Crippen LogP contribution is -2.44. The fourth-order valence-corrected chi connectivity index (χ4v) is 6.67. The zero-order valence-corrected chi connectivity index (χ0v) is 29.5. The first-order chi connectivity index (χ1) is 22.4. The van der Waals surface area contributed by atoms with Crippen molar-refractivity contribution >= 4 is 37.3 Å². The van der Waals surface area contributed by atoms with Gasteiger partial charge in [-0.1, -0.05) is 82.3 Å². The van der Waals surface area contributed by atoms with E-state index in [1.807, 2.05) is 42.5 Å². The van der Waals surface area contributed by atoms with E-state index in [-0.39, 0.29) is 6.42 Å². The molecule has 0 heterocycles. The average molecular weight is 691 g/mol. The Morgan fingerprint density at radius 3 is 1.75 bits per heavy atom. The number of rotatable bonds is 17. The van der Waals surface area contributed by atoms with Crippen LogP contribution in [0.5, 0.6) is 0 Å². The molecule has 48 heavy (non-hydrogen) atoms. The molecule has 264 valence electrons. The van der Waals surface area contributed by atoms with Gasteiger partial charge in [0.2, 0.25) is 25.9 Å². The van der Waals surface area contributed by atoms with E-state index in [1.54, 1.807) is 39.8 Å². The number of esters is 2. The Morgan fingerprint density at radius 2 is 1.23 bits per heavy atom. The number of nitrogens with one attached hydrogen (secondary N) is 2. The molecule has 0 radical (unpaired) electrons. The van der Waals surface area contributed by atoms with Gasteiger partial charge in [-0.05, 0) is 43.9 Å². The summed E-state index contributed by atoms with van der Waals surface area (Å²) in [5, 5.41) is 14.3. The number of carboxylic acid groups (broad SMARTS) is 1. The number of carboxylic acids is 1. The van der Waals surface area contributed by atoms with Crippen LogP contribution in [-0.4, -0.2) is 65.6 Å². The van der Waals surface area contributed by atoms with Crippen molar-refractivity contribution in [2.75, 3.05) is 6.16 Å². The lowest BCUT2D eigenvalue weighted by Gasteiger charge is -2.31. The van der Waals surface area contributed by atoms with Gasteiger partial charge in [-0.25, -0.2) is 4.79 Å². The normalized spacial score (nSPS) is 15.6. The van der Waals surface area contributed by atoms with Crippen molar-refractivity contribution in [3.05, 3.63) is 60.2 Å². The molecular formula is C34H47N2O11P. The van der Waals surface area contributed by atoms with Gasteiger partial charge in [0.1, 0.15) is 11.8 Å². The highest BCUT2D eigenvalue weighted by molar-refractivity contribution is 7.59. The van der Waals surface area contributed by atoms with E-state index in [4.69, 9.17) is 18.7 Å². The monoisotopic (exact) mass is 690 g/mol. The molecule has 0 fully saturated rings. The Labute approximate surface area is 281 Å². The van der Waals surface area contributed by atoms with Crippen molar-refractivity contribution in [2.45, 2.75) is 86.2 Å². The van der Waals surface area contributed by atoms with Gasteiger partial charge in [0.05, 0.1) is 17.8 Å². The number of alkyl carbamates (subject to hydrolysis) is 1. The smallest absolute Gasteiger partial charge is 0.410 e. The quantitative estimate of drug-likeness (QED) is 0.107. The molecular weight excluding hydrogens is 643 g/mol. The summed E-state index contributed by atoms with van der Waals surface area (Å²) in [5.41, 5.74) is 2.60. The minimum absolute atomic E-state index is 0.0279. The van der Waals surface area contributed by atoms with E-state index in [1.165, 1.54) is 27.7 Å². The van der Waals surface area contributed by atoms with Gasteiger partial charge in [0.25, 0.3) is 0 Å². The lowest BCUT2D eigenvalue weighted by molar-refractivity contribution is -0.169. The van der Waals surface area contributed by atoms with Gasteiger partial charge in [0.15, 0.2) is 0 Å². The number of hydrogen-bond donors (Lipinski definition) is 3. The molecule has 0 bridgehead atoms. The van der Waals surface area contributed by atoms with E-state index >= 15 is 0 Å². The number of aliphatic carboxylic acids is 1. The number of hydrogen-bond acceptors (Lipinski definition) is 10. The molecule has 13 nitrogen and oxygen atoms in total. The Morgan fingerprint density at radius 1 is 0.708 bits per heavy atom. The molecule has 0 aliphatic carbocycles. The second-order valence-corrected chi connectivity index (χ2v) is 14.9. The third-order valence-electron chi connectivity index (χ3n) is 7.14. The predicted molar refractivity (Wildman–Crippen MR) is 178 cm³/mol. The summed E-state index contributed by atoms with van der Waals surface area (Å²) in [6.45, 7) is 11.8. The lowest BCUT2D eigenvalue weighted by atomic mass is 9.97. The minimum Gasteiger partial charge on any atom is -0.480 e. The zero-order valence-electron chi connectivity index (χ0n) is 28.6. The standard InChI is InChI=1S/C34H47N2O11P/c1-20(2)32(40)44-24(7)46-34(42)36-23(6)48(43,47-25(8)45-33(41)21(3)4)19-29(30(37)35-22(5)31(38)39)18-26-14-16-28(17-15-26)27-12-10-9-11-13-27/h9-17,20-25,29H,18-19H2,1-8H3,(H,35,37)(H,36,42)(H,38,39)/t22?,23?,24?,25?,29-,48?/m1/s1. The fourth-order valence-electron chi connectivity index (χ4n) is 4.33. The molecule has 0 aliphatic heterocycles. The first-order valence-electron chi connectivity index (χ1n) is 15.7. The Balaban J connectivity index is 2.41. The highest BCUT2D eigenvalue weighted by atomic mass is 31.2. The predicted octanol–water partition coefficient (Wildman–Crippen LogP) is 5.56. The Hall–Kier alpha value is -4.22. The van der Waals surface area contributed by atoms with Crippen LogP contribution in [0.2, 0.25) is 0 Å². The first-order valence-corrected chi connectivity index (χ1v) is 17.6. The topological polar surface area (TPSA) is 184 Å². The molecule has 5 unspecified atom stereocenters. The molecule has 0 spiro atoms. The van der Waals surface area contributed by atoms with Gasteiger partial charge in [-0.15, -0.1) is 0 Å². The summed E-state index contributed by atoms with van der Waals surface area (Å²) in [6, 6.07) is 15.7. The first kappa shape index (κ1) is 40.0. The van der Waals surface area contributed by atoms with Crippen molar-refractivity contribution in [3.63, 3.8) is 0 Å². The van der Waals surface area contributed by atoms with Crippen LogP contribution in [0.3, 0.4) is 0 Å². The van der Waals surface area contributed by atoms with Crippen LogP contribution in [0, 0.1) is 17.8 Å². The second kappa shape index (κ2) is 18.4. The molecule has 0 aliphatic rings. The van der Waals surface area contributed by atoms with Crippen molar-refractivity contribution < 1.29 is 52.4 Å². The summed E-state index contributed by atoms with van der Waals surface area (Å²) < 4.78 is 36.0. The number of amides is 2. The highest BCUT2D eigenvalue weighted by Gasteiger charge is 2.40. The summed E-state index contributed by atoms with van der Waals surface area (Å²) >= 11 is 0. The van der Waals surface area contributed by atoms with E-state index in [2.05, 4.69) is 10.6 Å². The van der Waals surface area contributed by atoms with Gasteiger partial charge in [-0.2, -0.15) is 0 Å². The van der Waals surface area contributed by atoms with Gasteiger partial charge in [-0.3, -0.25) is 28.3 Å². The maximum atomic E-state index is 14.7. The summed E-state index contributed by atoms with van der Waals surface area (Å²) in [6.07, 6.45) is -4.15. The molecule has 3 N–H and O–H groups in total. The molecule has 2 rings (SSSR count). The van der Waals surface area contributed by atoms with E-state index < -0.39 is 85.6 Å². The molecule has 2 amide bonds. The zero-order chi connectivity index (χ0) is 36.2. The molecule has 6 atom stereocenters. The van der Waals surface area contributed by atoms with Crippen LogP contribution in [0.25, 0.3) is 11.1 Å². The molecule has 2 aromatic rings. The van der Waals surface area contributed by atoms with E-state index in [9.17, 15) is 33.6 Å². The van der Waals surface area contributed by atoms with Crippen molar-refractivity contribution in [1.29, 1.82) is 0 Å². The van der Waals surface area contributed by atoms with Gasteiger partial charge in [0, 0.05) is 13.1 Å². The third-order valence-corrected chi connectivity index (χ3v) is 10.1. The highest BCUT2D eigenvalue weighted by Crippen LogP contribution is 2.54. The van der Waals surface area contributed by atoms with Crippen LogP contribution < -0.4 is 10.6 Å². The molecule has 0 saturated heterocycles. The van der Waals surface area contributed by atoms with Gasteiger partial charge < -0.3 is 30.0 Å². The Bertz CT molecular complexity index is 1450. The van der Waals surface area contributed by atoms with Crippen LogP contribution >= 0.6 is 7.37 Å². The number of carbonyl (C=O) groups excluding carboxylic acids is 4. The maximum Gasteiger partial charge on any atom is 0.410 e. The molecule has 0 saturated carbocycles. The van der Waals surface area contributed by atoms with E-state index in [0.717, 1.165) is 11.1 Å². The average Bonchev–Trinajstić information content (AvgIpc) is 3.00. The Kier molecular flexibility index (Phi) is 15.3.